The van der Waals surface area contributed by atoms with Gasteiger partial charge in [0.25, 0.3) is 0 Å². The SMILES string of the molecule is O=C(CNc1ccc(Br)cc1)c1cccnc1. The highest BCUT2D eigenvalue weighted by Gasteiger charge is 2.04. The van der Waals surface area contributed by atoms with Crippen LogP contribution in [0.3, 0.4) is 0 Å². The van der Waals surface area contributed by atoms with Crippen LogP contribution in [0.25, 0.3) is 0 Å². The second-order valence-corrected chi connectivity index (χ2v) is 4.44. The summed E-state index contributed by atoms with van der Waals surface area (Å²) in [6.07, 6.45) is 3.23. The summed E-state index contributed by atoms with van der Waals surface area (Å²) in [6.45, 7) is 0.271. The number of carbonyl (C=O) groups excluding carboxylic acids is 1. The van der Waals surface area contributed by atoms with E-state index in [2.05, 4.69) is 26.2 Å². The summed E-state index contributed by atoms with van der Waals surface area (Å²) in [4.78, 5) is 15.7. The highest BCUT2D eigenvalue weighted by molar-refractivity contribution is 9.10. The number of benzene rings is 1. The third-order valence-corrected chi connectivity index (χ3v) is 2.81. The van der Waals surface area contributed by atoms with Crippen molar-refractivity contribution >= 4 is 27.4 Å². The van der Waals surface area contributed by atoms with Gasteiger partial charge in [-0.05, 0) is 36.4 Å². The molecule has 0 radical (unpaired) electrons. The average molecular weight is 291 g/mol. The van der Waals surface area contributed by atoms with Crippen LogP contribution < -0.4 is 5.32 Å². The predicted molar refractivity (Wildman–Crippen MR) is 71.2 cm³/mol. The Labute approximate surface area is 108 Å². The fourth-order valence-corrected chi connectivity index (χ4v) is 1.64. The molecule has 0 amide bonds. The second-order valence-electron chi connectivity index (χ2n) is 3.53. The van der Waals surface area contributed by atoms with Gasteiger partial charge in [0.15, 0.2) is 5.78 Å². The number of carbonyl (C=O) groups is 1. The Bertz CT molecular complexity index is 497. The number of nitrogens with zero attached hydrogens (tertiary/aromatic N) is 1. The van der Waals surface area contributed by atoms with E-state index < -0.39 is 0 Å². The lowest BCUT2D eigenvalue weighted by molar-refractivity contribution is 0.101. The Morgan fingerprint density at radius 2 is 2.00 bits per heavy atom. The Kier molecular flexibility index (Phi) is 3.88. The largest absolute Gasteiger partial charge is 0.378 e. The molecular weight excluding hydrogens is 280 g/mol. The van der Waals surface area contributed by atoms with Crippen molar-refractivity contribution in [1.82, 2.24) is 4.98 Å². The number of Topliss-reactive ketones (excluding diaryl/α,β-unsaturated/α-hetero) is 1. The lowest BCUT2D eigenvalue weighted by atomic mass is 10.2. The van der Waals surface area contributed by atoms with Crippen molar-refractivity contribution in [2.45, 2.75) is 0 Å². The van der Waals surface area contributed by atoms with Crippen LogP contribution in [0.4, 0.5) is 5.69 Å². The zero-order valence-corrected chi connectivity index (χ0v) is 10.6. The van der Waals surface area contributed by atoms with E-state index in [1.807, 2.05) is 24.3 Å². The third-order valence-electron chi connectivity index (χ3n) is 2.28. The molecule has 3 nitrogen and oxygen atoms in total. The minimum atomic E-state index is 0.0287. The van der Waals surface area contributed by atoms with Crippen LogP contribution in [0.1, 0.15) is 10.4 Å². The van der Waals surface area contributed by atoms with E-state index in [9.17, 15) is 4.79 Å². The van der Waals surface area contributed by atoms with Gasteiger partial charge in [-0.25, -0.2) is 0 Å². The maximum Gasteiger partial charge on any atom is 0.183 e. The van der Waals surface area contributed by atoms with Crippen molar-refractivity contribution in [2.24, 2.45) is 0 Å². The molecule has 0 aliphatic carbocycles. The van der Waals surface area contributed by atoms with Gasteiger partial charge < -0.3 is 5.32 Å². The number of ketones is 1. The van der Waals surface area contributed by atoms with Crippen LogP contribution in [0.15, 0.2) is 53.3 Å². The number of aromatic nitrogens is 1. The van der Waals surface area contributed by atoms with Crippen molar-refractivity contribution < 1.29 is 4.79 Å². The van der Waals surface area contributed by atoms with Crippen LogP contribution in [0, 0.1) is 0 Å². The number of anilines is 1. The van der Waals surface area contributed by atoms with Crippen molar-refractivity contribution in [3.05, 3.63) is 58.8 Å². The van der Waals surface area contributed by atoms with Gasteiger partial charge in [0.2, 0.25) is 0 Å². The van der Waals surface area contributed by atoms with Gasteiger partial charge >= 0.3 is 0 Å². The molecule has 0 saturated carbocycles. The topological polar surface area (TPSA) is 42.0 Å². The molecule has 2 aromatic rings. The molecule has 0 atom stereocenters. The molecule has 0 aliphatic heterocycles. The number of nitrogens with one attached hydrogen (secondary N) is 1. The Morgan fingerprint density at radius 3 is 2.65 bits per heavy atom. The minimum Gasteiger partial charge on any atom is -0.378 e. The van der Waals surface area contributed by atoms with Gasteiger partial charge in [-0.2, -0.15) is 0 Å². The molecule has 1 aromatic carbocycles. The molecule has 17 heavy (non-hydrogen) atoms. The van der Waals surface area contributed by atoms with Gasteiger partial charge in [0, 0.05) is 28.1 Å². The molecule has 0 bridgehead atoms. The van der Waals surface area contributed by atoms with E-state index in [0.717, 1.165) is 10.2 Å². The molecular formula is C13H11BrN2O. The van der Waals surface area contributed by atoms with Gasteiger partial charge in [0.1, 0.15) is 0 Å². The van der Waals surface area contributed by atoms with Crippen molar-refractivity contribution in [3.8, 4) is 0 Å². The maximum absolute atomic E-state index is 11.8. The van der Waals surface area contributed by atoms with E-state index in [4.69, 9.17) is 0 Å². The standard InChI is InChI=1S/C13H11BrN2O/c14-11-3-5-12(6-4-11)16-9-13(17)10-2-1-7-15-8-10/h1-8,16H,9H2. The molecule has 0 fully saturated rings. The number of rotatable bonds is 4. The molecule has 1 heterocycles. The van der Waals surface area contributed by atoms with Crippen molar-refractivity contribution in [2.75, 3.05) is 11.9 Å². The van der Waals surface area contributed by atoms with Gasteiger partial charge in [-0.3, -0.25) is 9.78 Å². The monoisotopic (exact) mass is 290 g/mol. The summed E-state index contributed by atoms with van der Waals surface area (Å²) in [5.41, 5.74) is 1.54. The third kappa shape index (κ3) is 3.39. The molecule has 0 spiro atoms. The summed E-state index contributed by atoms with van der Waals surface area (Å²) in [7, 11) is 0. The zero-order valence-electron chi connectivity index (χ0n) is 9.06. The van der Waals surface area contributed by atoms with E-state index in [1.165, 1.54) is 0 Å². The number of halogens is 1. The van der Waals surface area contributed by atoms with E-state index in [1.54, 1.807) is 24.5 Å². The number of hydrogen-bond acceptors (Lipinski definition) is 3. The molecule has 1 aromatic heterocycles. The highest BCUT2D eigenvalue weighted by Crippen LogP contribution is 2.14. The first-order valence-corrected chi connectivity index (χ1v) is 5.97. The minimum absolute atomic E-state index is 0.0287. The van der Waals surface area contributed by atoms with Crippen LogP contribution in [-0.4, -0.2) is 17.3 Å². The quantitative estimate of drug-likeness (QED) is 0.880. The summed E-state index contributed by atoms with van der Waals surface area (Å²) in [5.74, 6) is 0.0287. The summed E-state index contributed by atoms with van der Waals surface area (Å²) in [5, 5.41) is 3.07. The first kappa shape index (κ1) is 11.8. The second kappa shape index (κ2) is 5.59. The molecule has 0 unspecified atom stereocenters. The zero-order chi connectivity index (χ0) is 12.1. The average Bonchev–Trinajstić information content (AvgIpc) is 2.39. The molecule has 4 heteroatoms. The summed E-state index contributed by atoms with van der Waals surface area (Å²) < 4.78 is 1.02. The lowest BCUT2D eigenvalue weighted by Crippen LogP contribution is -2.13. The van der Waals surface area contributed by atoms with Crippen LogP contribution in [0.5, 0.6) is 0 Å². The maximum atomic E-state index is 11.8. The van der Waals surface area contributed by atoms with Crippen LogP contribution in [-0.2, 0) is 0 Å². The number of hydrogen-bond donors (Lipinski definition) is 1. The molecule has 0 aliphatic rings. The van der Waals surface area contributed by atoms with Crippen molar-refractivity contribution in [3.63, 3.8) is 0 Å². The summed E-state index contributed by atoms with van der Waals surface area (Å²) >= 11 is 3.36. The van der Waals surface area contributed by atoms with Crippen LogP contribution >= 0.6 is 15.9 Å². The molecule has 2 rings (SSSR count). The first-order valence-electron chi connectivity index (χ1n) is 5.18. The van der Waals surface area contributed by atoms with Crippen LogP contribution in [0.2, 0.25) is 0 Å². The van der Waals surface area contributed by atoms with E-state index >= 15 is 0 Å². The van der Waals surface area contributed by atoms with Gasteiger partial charge in [0.05, 0.1) is 6.54 Å². The fourth-order valence-electron chi connectivity index (χ4n) is 1.38. The molecule has 86 valence electrons. The summed E-state index contributed by atoms with van der Waals surface area (Å²) in [6, 6.07) is 11.2. The van der Waals surface area contributed by atoms with E-state index in [0.29, 0.717) is 5.56 Å². The van der Waals surface area contributed by atoms with Gasteiger partial charge in [-0.1, -0.05) is 15.9 Å². The molecule has 0 saturated heterocycles. The van der Waals surface area contributed by atoms with Crippen molar-refractivity contribution in [1.29, 1.82) is 0 Å². The fraction of sp³-hybridized carbons (Fsp3) is 0.0769. The lowest BCUT2D eigenvalue weighted by Gasteiger charge is -2.05. The number of pyridine rings is 1. The highest BCUT2D eigenvalue weighted by atomic mass is 79.9. The Hall–Kier alpha value is -1.68. The normalized spacial score (nSPS) is 9.94. The first-order chi connectivity index (χ1) is 8.25. The smallest absolute Gasteiger partial charge is 0.183 e. The Morgan fingerprint density at radius 1 is 1.24 bits per heavy atom. The van der Waals surface area contributed by atoms with Gasteiger partial charge in [-0.15, -0.1) is 0 Å². The predicted octanol–water partition coefficient (Wildman–Crippen LogP) is 3.14. The molecule has 1 N–H and O–H groups in total. The van der Waals surface area contributed by atoms with E-state index in [-0.39, 0.29) is 12.3 Å². The Balaban J connectivity index is 1.95.